The normalized spacial score (nSPS) is 24.7. The van der Waals surface area contributed by atoms with Gasteiger partial charge in [-0.25, -0.2) is 9.78 Å². The average Bonchev–Trinajstić information content (AvgIpc) is 3.16. The summed E-state index contributed by atoms with van der Waals surface area (Å²) in [6.45, 7) is 3.57. The number of aromatic nitrogens is 2. The fraction of sp³-hybridized carbons (Fsp3) is 0.316. The molecule has 1 spiro atoms. The molecule has 4 rings (SSSR count). The van der Waals surface area contributed by atoms with Crippen LogP contribution >= 0.6 is 11.8 Å². The Morgan fingerprint density at radius 2 is 2.19 bits per heavy atom. The van der Waals surface area contributed by atoms with Gasteiger partial charge >= 0.3 is 5.97 Å². The molecule has 1 aromatic rings. The number of carbonyl (C=O) groups is 2. The first-order chi connectivity index (χ1) is 13.0. The fourth-order valence-electron chi connectivity index (χ4n) is 3.60. The lowest BCUT2D eigenvalue weighted by atomic mass is 9.86. The van der Waals surface area contributed by atoms with Gasteiger partial charge in [-0.3, -0.25) is 14.3 Å². The Hall–Kier alpha value is -2.58. The Bertz CT molecular complexity index is 943. The maximum Gasteiger partial charge on any atom is 0.355 e. The molecular formula is C19H19N3O4S. The van der Waals surface area contributed by atoms with E-state index in [1.807, 2.05) is 39.8 Å². The van der Waals surface area contributed by atoms with Crippen molar-refractivity contribution in [1.29, 1.82) is 0 Å². The zero-order valence-corrected chi connectivity index (χ0v) is 16.0. The zero-order valence-electron chi connectivity index (χ0n) is 15.2. The summed E-state index contributed by atoms with van der Waals surface area (Å²) in [7, 11) is 1.64. The molecule has 27 heavy (non-hydrogen) atoms. The topological polar surface area (TPSA) is 73.7 Å². The largest absolute Gasteiger partial charge is 0.461 e. The van der Waals surface area contributed by atoms with E-state index in [1.54, 1.807) is 26.3 Å². The highest BCUT2D eigenvalue weighted by Crippen LogP contribution is 2.51. The second-order valence-corrected chi connectivity index (χ2v) is 7.43. The average molecular weight is 385 g/mol. The van der Waals surface area contributed by atoms with Crippen molar-refractivity contribution in [2.24, 2.45) is 0 Å². The molecule has 8 heteroatoms. The number of thioether (sulfide) groups is 1. The van der Waals surface area contributed by atoms with Gasteiger partial charge in [-0.2, -0.15) is 0 Å². The summed E-state index contributed by atoms with van der Waals surface area (Å²) >= 11 is 1.11. The maximum atomic E-state index is 12.6. The smallest absolute Gasteiger partial charge is 0.355 e. The van der Waals surface area contributed by atoms with Crippen LogP contribution in [-0.2, 0) is 19.1 Å². The molecule has 0 radical (unpaired) electrons. The second kappa shape index (κ2) is 6.54. The second-order valence-electron chi connectivity index (χ2n) is 6.23. The highest BCUT2D eigenvalue weighted by molar-refractivity contribution is 8.13. The van der Waals surface area contributed by atoms with Gasteiger partial charge in [0.05, 0.1) is 24.6 Å². The van der Waals surface area contributed by atoms with E-state index < -0.39 is 11.5 Å². The number of fused-ring (bicyclic) bond motifs is 3. The number of hydrogen-bond acceptors (Lipinski definition) is 7. The summed E-state index contributed by atoms with van der Waals surface area (Å²) in [5, 5.41) is 0.655. The number of imidazole rings is 1. The van der Waals surface area contributed by atoms with E-state index in [2.05, 4.69) is 4.98 Å². The van der Waals surface area contributed by atoms with Crippen molar-refractivity contribution in [3.8, 4) is 0 Å². The van der Waals surface area contributed by atoms with Crippen molar-refractivity contribution in [3.63, 3.8) is 0 Å². The molecule has 1 aromatic heterocycles. The van der Waals surface area contributed by atoms with E-state index in [1.165, 1.54) is 6.92 Å². The van der Waals surface area contributed by atoms with Gasteiger partial charge in [0.2, 0.25) is 5.95 Å². The van der Waals surface area contributed by atoms with E-state index in [9.17, 15) is 9.59 Å². The predicted octanol–water partition coefficient (Wildman–Crippen LogP) is 2.52. The van der Waals surface area contributed by atoms with E-state index in [-0.39, 0.29) is 17.8 Å². The number of carbonyl (C=O) groups excluding carboxylic acids is 2. The lowest BCUT2D eigenvalue weighted by Crippen LogP contribution is -2.47. The number of ether oxygens (including phenoxy) is 2. The first-order valence-electron chi connectivity index (χ1n) is 8.59. The number of methoxy groups -OCH3 is 1. The maximum absolute atomic E-state index is 12.6. The van der Waals surface area contributed by atoms with Gasteiger partial charge in [-0.1, -0.05) is 12.2 Å². The molecule has 2 unspecified atom stereocenters. The van der Waals surface area contributed by atoms with Crippen LogP contribution in [0.4, 0.5) is 5.95 Å². The number of anilines is 1. The Labute approximate surface area is 161 Å². The van der Waals surface area contributed by atoms with Gasteiger partial charge in [0.15, 0.2) is 5.12 Å². The van der Waals surface area contributed by atoms with Crippen LogP contribution in [-0.4, -0.2) is 46.0 Å². The Kier molecular flexibility index (Phi) is 4.32. The lowest BCUT2D eigenvalue weighted by molar-refractivity contribution is -0.138. The lowest BCUT2D eigenvalue weighted by Gasteiger charge is -2.39. The van der Waals surface area contributed by atoms with Crippen LogP contribution in [0.1, 0.15) is 13.8 Å². The summed E-state index contributed by atoms with van der Waals surface area (Å²) in [5.74, 6) is 0.148. The number of hydrogen-bond donors (Lipinski definition) is 0. The third-order valence-electron chi connectivity index (χ3n) is 4.64. The summed E-state index contributed by atoms with van der Waals surface area (Å²) in [5.41, 5.74) is 0.565. The molecule has 0 amide bonds. The van der Waals surface area contributed by atoms with Crippen LogP contribution in [0.3, 0.4) is 0 Å². The van der Waals surface area contributed by atoms with Crippen LogP contribution in [0.15, 0.2) is 53.4 Å². The van der Waals surface area contributed by atoms with Crippen molar-refractivity contribution in [3.05, 3.63) is 48.4 Å². The summed E-state index contributed by atoms with van der Waals surface area (Å²) in [6.07, 6.45) is 12.9. The Balaban J connectivity index is 1.91. The van der Waals surface area contributed by atoms with E-state index in [0.29, 0.717) is 16.7 Å². The standard InChI is InChI=1S/C19H19N3O4S/c1-4-26-17(24)14-6-5-8-19-9-7-13(25-3)10-15(19)21-16(27-12(2)23)11-20-18(21)22(14)19/h5-11,13H,4H2,1-3H3. The van der Waals surface area contributed by atoms with Gasteiger partial charge in [0.1, 0.15) is 16.3 Å². The van der Waals surface area contributed by atoms with Crippen molar-refractivity contribution >= 4 is 34.5 Å². The monoisotopic (exact) mass is 385 g/mol. The van der Waals surface area contributed by atoms with Crippen molar-refractivity contribution in [2.45, 2.75) is 30.5 Å². The molecule has 3 aliphatic rings. The number of allylic oxidation sites excluding steroid dienone is 2. The van der Waals surface area contributed by atoms with Crippen molar-refractivity contribution in [1.82, 2.24) is 9.55 Å². The highest BCUT2D eigenvalue weighted by Gasteiger charge is 2.52. The minimum absolute atomic E-state index is 0.0384. The van der Waals surface area contributed by atoms with Crippen LogP contribution in [0.5, 0.6) is 0 Å². The molecule has 2 atom stereocenters. The molecule has 0 saturated carbocycles. The quantitative estimate of drug-likeness (QED) is 0.448. The highest BCUT2D eigenvalue weighted by atomic mass is 32.2. The third kappa shape index (κ3) is 2.59. The molecule has 2 aliphatic heterocycles. The fourth-order valence-corrected chi connectivity index (χ4v) is 4.28. The molecule has 0 fully saturated rings. The summed E-state index contributed by atoms with van der Waals surface area (Å²) in [4.78, 5) is 30.7. The molecule has 0 bridgehead atoms. The van der Waals surface area contributed by atoms with Crippen LogP contribution in [0, 0.1) is 0 Å². The van der Waals surface area contributed by atoms with Crippen molar-refractivity contribution in [2.75, 3.05) is 18.6 Å². The first kappa shape index (κ1) is 17.8. The van der Waals surface area contributed by atoms with Crippen LogP contribution in [0.25, 0.3) is 5.70 Å². The SMILES string of the molecule is CCOC(=O)C1=CC=CC23C=CC(OC)C=C2n2c(SC(C)=O)cnc2N13. The van der Waals surface area contributed by atoms with Gasteiger partial charge in [0, 0.05) is 14.0 Å². The molecule has 0 saturated heterocycles. The van der Waals surface area contributed by atoms with Crippen LogP contribution < -0.4 is 4.90 Å². The van der Waals surface area contributed by atoms with E-state index >= 15 is 0 Å². The van der Waals surface area contributed by atoms with Gasteiger partial charge in [0.25, 0.3) is 0 Å². The number of rotatable bonds is 4. The van der Waals surface area contributed by atoms with Crippen molar-refractivity contribution < 1.29 is 19.1 Å². The van der Waals surface area contributed by atoms with E-state index in [0.717, 1.165) is 17.5 Å². The molecule has 0 N–H and O–H groups in total. The molecule has 7 nitrogen and oxygen atoms in total. The van der Waals surface area contributed by atoms with Gasteiger partial charge in [-0.15, -0.1) is 0 Å². The molecule has 3 heterocycles. The summed E-state index contributed by atoms with van der Waals surface area (Å²) in [6, 6.07) is 0. The molecule has 140 valence electrons. The number of esters is 1. The molecule has 1 aliphatic carbocycles. The Morgan fingerprint density at radius 1 is 1.37 bits per heavy atom. The zero-order chi connectivity index (χ0) is 19.2. The number of nitrogens with zero attached hydrogens (tertiary/aromatic N) is 3. The predicted molar refractivity (Wildman–Crippen MR) is 102 cm³/mol. The minimum atomic E-state index is -0.707. The van der Waals surface area contributed by atoms with Crippen LogP contribution in [0.2, 0.25) is 0 Å². The molecule has 0 aromatic carbocycles. The van der Waals surface area contributed by atoms with Gasteiger partial charge in [-0.05, 0) is 43.0 Å². The minimum Gasteiger partial charge on any atom is -0.461 e. The van der Waals surface area contributed by atoms with E-state index in [4.69, 9.17) is 9.47 Å². The van der Waals surface area contributed by atoms with Gasteiger partial charge < -0.3 is 9.47 Å². The Morgan fingerprint density at radius 3 is 2.89 bits per heavy atom. The first-order valence-corrected chi connectivity index (χ1v) is 9.41. The summed E-state index contributed by atoms with van der Waals surface area (Å²) < 4.78 is 12.6. The third-order valence-corrected chi connectivity index (χ3v) is 5.43. The molecular weight excluding hydrogens is 366 g/mol.